The second kappa shape index (κ2) is 3.77. The van der Waals surface area contributed by atoms with E-state index in [0.717, 1.165) is 32.2 Å². The summed E-state index contributed by atoms with van der Waals surface area (Å²) in [6.45, 7) is 0.735. The van der Waals surface area contributed by atoms with Gasteiger partial charge in [-0.2, -0.15) is 0 Å². The Hall–Kier alpha value is -0.770. The molecule has 0 unspecified atom stereocenters. The van der Waals surface area contributed by atoms with Gasteiger partial charge in [-0.05, 0) is 25.2 Å². The Balaban J connectivity index is 2.10. The summed E-state index contributed by atoms with van der Waals surface area (Å²) in [7, 11) is 1.39. The molecule has 1 saturated carbocycles. The first kappa shape index (κ1) is 9.77. The zero-order valence-corrected chi connectivity index (χ0v) is 8.48. The van der Waals surface area contributed by atoms with Crippen LogP contribution in [0.5, 0.6) is 0 Å². The van der Waals surface area contributed by atoms with Crippen LogP contribution in [0.4, 0.5) is 4.79 Å². The normalized spacial score (nSPS) is 36.7. The van der Waals surface area contributed by atoms with Crippen molar-refractivity contribution in [2.75, 3.05) is 13.7 Å². The molecule has 4 heteroatoms. The minimum Gasteiger partial charge on any atom is -0.453 e. The zero-order valence-electron chi connectivity index (χ0n) is 8.48. The summed E-state index contributed by atoms with van der Waals surface area (Å²) >= 11 is 0. The third-order valence-corrected chi connectivity index (χ3v) is 3.46. The number of ether oxygens (including phenoxy) is 1. The molecule has 0 bridgehead atoms. The third-order valence-electron chi connectivity index (χ3n) is 3.46. The second-order valence-electron chi connectivity index (χ2n) is 4.20. The maximum Gasteiger partial charge on any atom is 0.409 e. The Bertz CT molecular complexity index is 231. The highest BCUT2D eigenvalue weighted by Gasteiger charge is 2.43. The molecule has 0 radical (unpaired) electrons. The standard InChI is InChI=1S/C10H17NO3/c1-14-10(13)11-6-5-7-3-2-4-8(12)9(7)11/h7-9,12H,2-6H2,1H3/t7-,8+,9+/m0/s1. The van der Waals surface area contributed by atoms with Crippen LogP contribution < -0.4 is 0 Å². The van der Waals surface area contributed by atoms with Crippen molar-refractivity contribution in [1.82, 2.24) is 4.90 Å². The van der Waals surface area contributed by atoms with Gasteiger partial charge in [0.25, 0.3) is 0 Å². The number of hydrogen-bond donors (Lipinski definition) is 1. The highest BCUT2D eigenvalue weighted by molar-refractivity contribution is 5.68. The summed E-state index contributed by atoms with van der Waals surface area (Å²) in [6, 6.07) is 0.0104. The van der Waals surface area contributed by atoms with E-state index in [9.17, 15) is 9.90 Å². The number of nitrogens with zero attached hydrogens (tertiary/aromatic N) is 1. The first-order valence-electron chi connectivity index (χ1n) is 5.26. The van der Waals surface area contributed by atoms with E-state index in [4.69, 9.17) is 4.74 Å². The minimum atomic E-state index is -0.352. The average molecular weight is 199 g/mol. The van der Waals surface area contributed by atoms with Crippen LogP contribution in [0.1, 0.15) is 25.7 Å². The molecule has 1 aliphatic heterocycles. The third kappa shape index (κ3) is 1.47. The fraction of sp³-hybridized carbons (Fsp3) is 0.900. The lowest BCUT2D eigenvalue weighted by atomic mass is 9.83. The van der Waals surface area contributed by atoms with E-state index in [2.05, 4.69) is 0 Å². The van der Waals surface area contributed by atoms with Gasteiger partial charge < -0.3 is 14.7 Å². The zero-order chi connectivity index (χ0) is 10.1. The Morgan fingerprint density at radius 1 is 1.43 bits per heavy atom. The number of aliphatic hydroxyl groups excluding tert-OH is 1. The van der Waals surface area contributed by atoms with Gasteiger partial charge in [0, 0.05) is 6.54 Å². The summed E-state index contributed by atoms with van der Waals surface area (Å²) in [5.74, 6) is 0.484. The quantitative estimate of drug-likeness (QED) is 0.633. The lowest BCUT2D eigenvalue weighted by Crippen LogP contribution is -2.47. The molecule has 0 aromatic rings. The van der Waals surface area contributed by atoms with Crippen LogP contribution in [0.2, 0.25) is 0 Å². The number of rotatable bonds is 0. The van der Waals surface area contributed by atoms with Crippen molar-refractivity contribution in [3.8, 4) is 0 Å². The summed E-state index contributed by atoms with van der Waals surface area (Å²) in [4.78, 5) is 13.1. The molecular formula is C10H17NO3. The summed E-state index contributed by atoms with van der Waals surface area (Å²) in [5, 5.41) is 9.84. The van der Waals surface area contributed by atoms with Crippen LogP contribution in [0.15, 0.2) is 0 Å². The SMILES string of the molecule is COC(=O)N1CC[C@@H]2CCC[C@@H](O)[C@@H]21. The largest absolute Gasteiger partial charge is 0.453 e. The van der Waals surface area contributed by atoms with Gasteiger partial charge in [-0.3, -0.25) is 0 Å². The van der Waals surface area contributed by atoms with Crippen molar-refractivity contribution in [2.45, 2.75) is 37.8 Å². The molecule has 4 nitrogen and oxygen atoms in total. The van der Waals surface area contributed by atoms with Crippen LogP contribution in [-0.2, 0) is 4.74 Å². The number of amides is 1. The Morgan fingerprint density at radius 3 is 2.93 bits per heavy atom. The molecule has 0 aromatic heterocycles. The highest BCUT2D eigenvalue weighted by atomic mass is 16.5. The number of carbonyl (C=O) groups is 1. The first-order valence-corrected chi connectivity index (χ1v) is 5.26. The van der Waals surface area contributed by atoms with E-state index in [1.54, 1.807) is 4.90 Å². The van der Waals surface area contributed by atoms with Gasteiger partial charge in [0.2, 0.25) is 0 Å². The average Bonchev–Trinajstić information content (AvgIpc) is 2.62. The molecule has 1 saturated heterocycles. The van der Waals surface area contributed by atoms with Crippen molar-refractivity contribution in [2.24, 2.45) is 5.92 Å². The van der Waals surface area contributed by atoms with Crippen molar-refractivity contribution < 1.29 is 14.6 Å². The van der Waals surface area contributed by atoms with Crippen LogP contribution >= 0.6 is 0 Å². The van der Waals surface area contributed by atoms with Gasteiger partial charge in [0.05, 0.1) is 19.3 Å². The van der Waals surface area contributed by atoms with Crippen LogP contribution in [-0.4, -0.2) is 41.9 Å². The molecule has 2 rings (SSSR count). The number of carbonyl (C=O) groups excluding carboxylic acids is 1. The van der Waals surface area contributed by atoms with Crippen molar-refractivity contribution in [3.05, 3.63) is 0 Å². The molecule has 2 fully saturated rings. The fourth-order valence-corrected chi connectivity index (χ4v) is 2.81. The van der Waals surface area contributed by atoms with Gasteiger partial charge >= 0.3 is 6.09 Å². The summed E-state index contributed by atoms with van der Waals surface area (Å²) < 4.78 is 4.71. The summed E-state index contributed by atoms with van der Waals surface area (Å²) in [5.41, 5.74) is 0. The van der Waals surface area contributed by atoms with Crippen LogP contribution in [0.3, 0.4) is 0 Å². The van der Waals surface area contributed by atoms with E-state index in [-0.39, 0.29) is 18.2 Å². The maximum absolute atomic E-state index is 11.4. The van der Waals surface area contributed by atoms with Crippen LogP contribution in [0, 0.1) is 5.92 Å². The van der Waals surface area contributed by atoms with Gasteiger partial charge in [0.15, 0.2) is 0 Å². The molecule has 0 spiro atoms. The molecule has 1 aliphatic carbocycles. The molecule has 3 atom stereocenters. The van der Waals surface area contributed by atoms with E-state index in [0.29, 0.717) is 5.92 Å². The second-order valence-corrected chi connectivity index (χ2v) is 4.20. The topological polar surface area (TPSA) is 49.8 Å². The number of aliphatic hydroxyl groups is 1. The molecule has 0 aromatic carbocycles. The van der Waals surface area contributed by atoms with Gasteiger partial charge in [0.1, 0.15) is 0 Å². The Kier molecular flexibility index (Phi) is 2.63. The van der Waals surface area contributed by atoms with Gasteiger partial charge in [-0.15, -0.1) is 0 Å². The number of fused-ring (bicyclic) bond motifs is 1. The molecular weight excluding hydrogens is 182 g/mol. The molecule has 1 heterocycles. The lowest BCUT2D eigenvalue weighted by Gasteiger charge is -2.34. The van der Waals surface area contributed by atoms with E-state index >= 15 is 0 Å². The first-order chi connectivity index (χ1) is 6.74. The monoisotopic (exact) mass is 199 g/mol. The number of methoxy groups -OCH3 is 1. The van der Waals surface area contributed by atoms with Crippen molar-refractivity contribution in [1.29, 1.82) is 0 Å². The minimum absolute atomic E-state index is 0.0104. The maximum atomic E-state index is 11.4. The van der Waals surface area contributed by atoms with E-state index < -0.39 is 0 Å². The van der Waals surface area contributed by atoms with E-state index in [1.807, 2.05) is 0 Å². The van der Waals surface area contributed by atoms with Gasteiger partial charge in [-0.25, -0.2) is 4.79 Å². The molecule has 2 aliphatic rings. The van der Waals surface area contributed by atoms with Crippen molar-refractivity contribution >= 4 is 6.09 Å². The van der Waals surface area contributed by atoms with Crippen molar-refractivity contribution in [3.63, 3.8) is 0 Å². The predicted molar refractivity (Wildman–Crippen MR) is 50.9 cm³/mol. The molecule has 1 N–H and O–H groups in total. The molecule has 1 amide bonds. The van der Waals surface area contributed by atoms with Crippen LogP contribution in [0.25, 0.3) is 0 Å². The van der Waals surface area contributed by atoms with E-state index in [1.165, 1.54) is 7.11 Å². The Morgan fingerprint density at radius 2 is 2.21 bits per heavy atom. The number of hydrogen-bond acceptors (Lipinski definition) is 3. The predicted octanol–water partition coefficient (Wildman–Crippen LogP) is 0.988. The highest BCUT2D eigenvalue weighted by Crippen LogP contribution is 2.36. The molecule has 80 valence electrons. The Labute approximate surface area is 83.8 Å². The molecule has 14 heavy (non-hydrogen) atoms. The summed E-state index contributed by atoms with van der Waals surface area (Å²) in [6.07, 6.45) is 3.40. The number of likely N-dealkylation sites (tertiary alicyclic amines) is 1. The van der Waals surface area contributed by atoms with Gasteiger partial charge in [-0.1, -0.05) is 6.42 Å². The smallest absolute Gasteiger partial charge is 0.409 e. The fourth-order valence-electron chi connectivity index (χ4n) is 2.81. The lowest BCUT2D eigenvalue weighted by molar-refractivity contribution is 0.0222.